The maximum absolute atomic E-state index is 5.89. The summed E-state index contributed by atoms with van der Waals surface area (Å²) in [5.74, 6) is 1.54. The molecule has 1 heterocycles. The summed E-state index contributed by atoms with van der Waals surface area (Å²) in [4.78, 5) is 4.35. The van der Waals surface area contributed by atoms with Crippen LogP contribution >= 0.6 is 0 Å². The van der Waals surface area contributed by atoms with Gasteiger partial charge in [0, 0.05) is 25.9 Å². The molecule has 18 heavy (non-hydrogen) atoms. The monoisotopic (exact) mass is 243 g/mol. The lowest BCUT2D eigenvalue weighted by molar-refractivity contribution is 0.608. The lowest BCUT2D eigenvalue weighted by atomic mass is 9.93. The van der Waals surface area contributed by atoms with E-state index < -0.39 is 0 Å². The van der Waals surface area contributed by atoms with Crippen LogP contribution in [0.3, 0.4) is 0 Å². The second-order valence-electron chi connectivity index (χ2n) is 4.84. The summed E-state index contributed by atoms with van der Waals surface area (Å²) >= 11 is 0. The largest absolute Gasteiger partial charge is 0.338 e. The predicted molar refractivity (Wildman–Crippen MR) is 74.5 cm³/mol. The van der Waals surface area contributed by atoms with Crippen LogP contribution in [0.2, 0.25) is 0 Å². The molecule has 1 aromatic heterocycles. The quantitative estimate of drug-likeness (QED) is 0.876. The van der Waals surface area contributed by atoms with E-state index in [1.165, 1.54) is 11.1 Å². The summed E-state index contributed by atoms with van der Waals surface area (Å²) in [7, 11) is 2.03. The molecule has 1 atom stereocenters. The van der Waals surface area contributed by atoms with Crippen LogP contribution in [0.4, 0.5) is 0 Å². The van der Waals surface area contributed by atoms with E-state index in [-0.39, 0.29) is 0 Å². The summed E-state index contributed by atoms with van der Waals surface area (Å²) < 4.78 is 2.07. The van der Waals surface area contributed by atoms with Crippen LogP contribution in [0.15, 0.2) is 36.7 Å². The minimum Gasteiger partial charge on any atom is -0.338 e. The molecular weight excluding hydrogens is 222 g/mol. The zero-order valence-electron chi connectivity index (χ0n) is 11.1. The maximum Gasteiger partial charge on any atom is 0.108 e. The molecule has 0 aliphatic carbocycles. The molecule has 0 bridgehead atoms. The van der Waals surface area contributed by atoms with Gasteiger partial charge in [-0.1, -0.05) is 29.8 Å². The van der Waals surface area contributed by atoms with Crippen LogP contribution in [-0.4, -0.2) is 16.1 Å². The van der Waals surface area contributed by atoms with Crippen molar-refractivity contribution in [3.63, 3.8) is 0 Å². The third-order valence-corrected chi connectivity index (χ3v) is 3.47. The molecule has 0 spiro atoms. The number of hydrogen-bond donors (Lipinski definition) is 1. The van der Waals surface area contributed by atoms with E-state index in [0.717, 1.165) is 18.7 Å². The van der Waals surface area contributed by atoms with Crippen molar-refractivity contribution >= 4 is 0 Å². The van der Waals surface area contributed by atoms with Crippen molar-refractivity contribution in [3.05, 3.63) is 53.6 Å². The van der Waals surface area contributed by atoms with Crippen molar-refractivity contribution in [2.24, 2.45) is 12.8 Å². The number of hydrogen-bond acceptors (Lipinski definition) is 2. The fraction of sp³-hybridized carbons (Fsp3) is 0.400. The molecule has 3 nitrogen and oxygen atoms in total. The first-order valence-electron chi connectivity index (χ1n) is 6.43. The molecule has 2 N–H and O–H groups in total. The zero-order valence-corrected chi connectivity index (χ0v) is 11.1. The number of nitrogens with two attached hydrogens (primary N) is 1. The summed E-state index contributed by atoms with van der Waals surface area (Å²) in [6.45, 7) is 2.79. The SMILES string of the molecule is Cc1ccc(C(CN)CCc2nccn2C)cc1. The van der Waals surface area contributed by atoms with E-state index >= 15 is 0 Å². The van der Waals surface area contributed by atoms with Crippen molar-refractivity contribution in [1.82, 2.24) is 9.55 Å². The fourth-order valence-electron chi connectivity index (χ4n) is 2.20. The Morgan fingerprint density at radius 2 is 2.00 bits per heavy atom. The molecular formula is C15H21N3. The molecule has 0 fully saturated rings. The Morgan fingerprint density at radius 1 is 1.28 bits per heavy atom. The highest BCUT2D eigenvalue weighted by atomic mass is 15.0. The summed E-state index contributed by atoms with van der Waals surface area (Å²) in [6.07, 6.45) is 5.85. The Hall–Kier alpha value is -1.61. The average Bonchev–Trinajstić information content (AvgIpc) is 2.78. The second kappa shape index (κ2) is 5.83. The molecule has 2 rings (SSSR count). The van der Waals surface area contributed by atoms with Gasteiger partial charge in [0.1, 0.15) is 5.82 Å². The average molecular weight is 243 g/mol. The smallest absolute Gasteiger partial charge is 0.108 e. The number of aryl methyl sites for hydroxylation is 3. The molecule has 0 amide bonds. The first kappa shape index (κ1) is 12.8. The Balaban J connectivity index is 2.01. The molecule has 0 saturated carbocycles. The lowest BCUT2D eigenvalue weighted by Gasteiger charge is -2.15. The highest BCUT2D eigenvalue weighted by molar-refractivity contribution is 5.24. The maximum atomic E-state index is 5.89. The zero-order chi connectivity index (χ0) is 13.0. The Labute approximate surface area is 109 Å². The first-order valence-corrected chi connectivity index (χ1v) is 6.43. The van der Waals surface area contributed by atoms with Gasteiger partial charge in [0.25, 0.3) is 0 Å². The van der Waals surface area contributed by atoms with Gasteiger partial charge in [0.15, 0.2) is 0 Å². The molecule has 3 heteroatoms. The highest BCUT2D eigenvalue weighted by Gasteiger charge is 2.11. The minimum atomic E-state index is 0.419. The molecule has 0 radical (unpaired) electrons. The normalized spacial score (nSPS) is 12.6. The number of benzene rings is 1. The van der Waals surface area contributed by atoms with Crippen LogP contribution in [0, 0.1) is 6.92 Å². The molecule has 1 aromatic carbocycles. The summed E-state index contributed by atoms with van der Waals surface area (Å²) in [5, 5.41) is 0. The van der Waals surface area contributed by atoms with Crippen LogP contribution < -0.4 is 5.73 Å². The van der Waals surface area contributed by atoms with Crippen molar-refractivity contribution in [2.75, 3.05) is 6.54 Å². The highest BCUT2D eigenvalue weighted by Crippen LogP contribution is 2.20. The van der Waals surface area contributed by atoms with Gasteiger partial charge < -0.3 is 10.3 Å². The molecule has 0 aliphatic rings. The summed E-state index contributed by atoms with van der Waals surface area (Å²) in [6, 6.07) is 8.67. The Bertz CT molecular complexity index is 485. The third kappa shape index (κ3) is 2.99. The fourth-order valence-corrected chi connectivity index (χ4v) is 2.20. The Morgan fingerprint density at radius 3 is 2.56 bits per heavy atom. The molecule has 96 valence electrons. The van der Waals surface area contributed by atoms with Gasteiger partial charge in [-0.25, -0.2) is 4.98 Å². The molecule has 1 unspecified atom stereocenters. The topological polar surface area (TPSA) is 43.8 Å². The van der Waals surface area contributed by atoms with Gasteiger partial charge >= 0.3 is 0 Å². The molecule has 0 aliphatic heterocycles. The first-order chi connectivity index (χ1) is 8.70. The number of nitrogens with zero attached hydrogens (tertiary/aromatic N) is 2. The van der Waals surface area contributed by atoms with Gasteiger partial charge in [-0.05, 0) is 31.4 Å². The van der Waals surface area contributed by atoms with Crippen LogP contribution in [-0.2, 0) is 13.5 Å². The third-order valence-electron chi connectivity index (χ3n) is 3.47. The molecule has 0 saturated heterocycles. The lowest BCUT2D eigenvalue weighted by Crippen LogP contribution is -2.14. The van der Waals surface area contributed by atoms with E-state index in [1.54, 1.807) is 0 Å². The van der Waals surface area contributed by atoms with Crippen molar-refractivity contribution in [2.45, 2.75) is 25.7 Å². The minimum absolute atomic E-state index is 0.419. The van der Waals surface area contributed by atoms with Crippen LogP contribution in [0.5, 0.6) is 0 Å². The summed E-state index contributed by atoms with van der Waals surface area (Å²) in [5.41, 5.74) is 8.51. The van der Waals surface area contributed by atoms with Crippen molar-refractivity contribution in [3.8, 4) is 0 Å². The van der Waals surface area contributed by atoms with Gasteiger partial charge in [-0.2, -0.15) is 0 Å². The Kier molecular flexibility index (Phi) is 4.15. The number of aromatic nitrogens is 2. The van der Waals surface area contributed by atoms with E-state index in [4.69, 9.17) is 5.73 Å². The van der Waals surface area contributed by atoms with Gasteiger partial charge in [0.05, 0.1) is 0 Å². The standard InChI is InChI=1S/C15H21N3/c1-12-3-5-13(6-4-12)14(11-16)7-8-15-17-9-10-18(15)2/h3-6,9-10,14H,7-8,11,16H2,1-2H3. The van der Waals surface area contributed by atoms with Gasteiger partial charge in [-0.15, -0.1) is 0 Å². The van der Waals surface area contributed by atoms with E-state index in [2.05, 4.69) is 40.7 Å². The number of rotatable bonds is 5. The predicted octanol–water partition coefficient (Wildman–Crippen LogP) is 2.40. The van der Waals surface area contributed by atoms with Crippen LogP contribution in [0.25, 0.3) is 0 Å². The van der Waals surface area contributed by atoms with Crippen LogP contribution in [0.1, 0.15) is 29.3 Å². The van der Waals surface area contributed by atoms with E-state index in [0.29, 0.717) is 12.5 Å². The van der Waals surface area contributed by atoms with Crippen molar-refractivity contribution < 1.29 is 0 Å². The van der Waals surface area contributed by atoms with Gasteiger partial charge in [-0.3, -0.25) is 0 Å². The second-order valence-corrected chi connectivity index (χ2v) is 4.84. The number of imidazole rings is 1. The van der Waals surface area contributed by atoms with E-state index in [9.17, 15) is 0 Å². The molecule has 2 aromatic rings. The van der Waals surface area contributed by atoms with Crippen molar-refractivity contribution in [1.29, 1.82) is 0 Å². The van der Waals surface area contributed by atoms with Gasteiger partial charge in [0.2, 0.25) is 0 Å². The van der Waals surface area contributed by atoms with E-state index in [1.807, 2.05) is 19.4 Å².